The fraction of sp³-hybridized carbons (Fsp3) is 0.550. The molecule has 7 nitrogen and oxygen atoms in total. The minimum Gasteiger partial charge on any atom is -0.322 e. The summed E-state index contributed by atoms with van der Waals surface area (Å²) in [6.07, 6.45) is 3.06. The lowest BCUT2D eigenvalue weighted by Gasteiger charge is -2.29. The van der Waals surface area contributed by atoms with Gasteiger partial charge in [-0.3, -0.25) is 19.7 Å². The molecule has 27 heavy (non-hydrogen) atoms. The lowest BCUT2D eigenvalue weighted by Crippen LogP contribution is -2.52. The van der Waals surface area contributed by atoms with E-state index in [0.29, 0.717) is 37.2 Å². The quantitative estimate of drug-likeness (QED) is 0.663. The molecule has 3 aliphatic heterocycles. The van der Waals surface area contributed by atoms with Crippen molar-refractivity contribution in [3.63, 3.8) is 0 Å². The molecule has 2 fully saturated rings. The zero-order chi connectivity index (χ0) is 19.0. The molecule has 0 aromatic heterocycles. The molecule has 7 heteroatoms. The summed E-state index contributed by atoms with van der Waals surface area (Å²) in [6, 6.07) is 6.05. The van der Waals surface area contributed by atoms with E-state index in [0.717, 1.165) is 17.7 Å². The maximum absolute atomic E-state index is 12.9. The smallest absolute Gasteiger partial charge is 0.255 e. The Morgan fingerprint density at radius 2 is 2.11 bits per heavy atom. The van der Waals surface area contributed by atoms with Crippen LogP contribution in [0.3, 0.4) is 0 Å². The summed E-state index contributed by atoms with van der Waals surface area (Å²) in [5.41, 5.74) is 2.76. The monoisotopic (exact) mass is 370 g/mol. The van der Waals surface area contributed by atoms with E-state index in [1.54, 1.807) is 4.90 Å². The van der Waals surface area contributed by atoms with Crippen LogP contribution in [-0.2, 0) is 22.7 Å². The number of nitrogens with zero attached hydrogens (tertiary/aromatic N) is 1. The van der Waals surface area contributed by atoms with Crippen LogP contribution in [0.1, 0.15) is 54.1 Å². The van der Waals surface area contributed by atoms with Gasteiger partial charge in [0.1, 0.15) is 6.04 Å². The summed E-state index contributed by atoms with van der Waals surface area (Å²) >= 11 is 0. The highest BCUT2D eigenvalue weighted by atomic mass is 16.2. The predicted molar refractivity (Wildman–Crippen MR) is 99.8 cm³/mol. The molecule has 0 radical (unpaired) electrons. The Hall–Kier alpha value is -2.25. The SMILES string of the molecule is CC(NCc1cccc2c1CN(C1CCC(=O)NC1=O)C2=O)C1CCCN1. The number of amides is 3. The number of carbonyl (C=O) groups is 3. The van der Waals surface area contributed by atoms with Crippen LogP contribution in [0.5, 0.6) is 0 Å². The van der Waals surface area contributed by atoms with Gasteiger partial charge < -0.3 is 15.5 Å². The molecule has 144 valence electrons. The molecular weight excluding hydrogens is 344 g/mol. The Morgan fingerprint density at radius 3 is 2.85 bits per heavy atom. The number of hydrogen-bond acceptors (Lipinski definition) is 5. The Labute approximate surface area is 158 Å². The molecule has 1 aromatic carbocycles. The Balaban J connectivity index is 1.47. The molecule has 3 atom stereocenters. The van der Waals surface area contributed by atoms with Crippen LogP contribution < -0.4 is 16.0 Å². The first-order valence-corrected chi connectivity index (χ1v) is 9.77. The highest BCUT2D eigenvalue weighted by Gasteiger charge is 2.39. The summed E-state index contributed by atoms with van der Waals surface area (Å²) in [4.78, 5) is 38.0. The zero-order valence-electron chi connectivity index (χ0n) is 15.6. The number of carbonyl (C=O) groups excluding carboxylic acids is 3. The molecule has 4 rings (SSSR count). The standard InChI is InChI=1S/C20H26N4O3/c1-12(16-6-3-9-21-16)22-10-13-4-2-5-14-15(13)11-24(20(14)27)17-7-8-18(25)23-19(17)26/h2,4-5,12,16-17,21-22H,3,6-11H2,1H3,(H,23,25,26). The third-order valence-corrected chi connectivity index (χ3v) is 6.00. The Morgan fingerprint density at radius 1 is 1.26 bits per heavy atom. The molecule has 0 bridgehead atoms. The van der Waals surface area contributed by atoms with E-state index in [2.05, 4.69) is 22.9 Å². The van der Waals surface area contributed by atoms with Crippen LogP contribution in [0.15, 0.2) is 18.2 Å². The first-order chi connectivity index (χ1) is 13.0. The Bertz CT molecular complexity index is 772. The molecule has 2 saturated heterocycles. The fourth-order valence-electron chi connectivity index (χ4n) is 4.37. The summed E-state index contributed by atoms with van der Waals surface area (Å²) in [7, 11) is 0. The van der Waals surface area contributed by atoms with Crippen molar-refractivity contribution < 1.29 is 14.4 Å². The van der Waals surface area contributed by atoms with Crippen LogP contribution in [0.4, 0.5) is 0 Å². The van der Waals surface area contributed by atoms with Gasteiger partial charge in [0.05, 0.1) is 0 Å². The molecule has 0 aliphatic carbocycles. The lowest BCUT2D eigenvalue weighted by molar-refractivity contribution is -0.136. The number of fused-ring (bicyclic) bond motifs is 1. The van der Waals surface area contributed by atoms with Crippen molar-refractivity contribution in [1.82, 2.24) is 20.9 Å². The molecule has 1 aromatic rings. The molecule has 3 aliphatic rings. The van der Waals surface area contributed by atoms with Crippen LogP contribution in [0.25, 0.3) is 0 Å². The maximum Gasteiger partial charge on any atom is 0.255 e. The minimum atomic E-state index is -0.565. The summed E-state index contributed by atoms with van der Waals surface area (Å²) in [6.45, 7) is 4.38. The van der Waals surface area contributed by atoms with E-state index in [9.17, 15) is 14.4 Å². The van der Waals surface area contributed by atoms with E-state index in [1.807, 2.05) is 18.2 Å². The van der Waals surface area contributed by atoms with E-state index in [-0.39, 0.29) is 24.1 Å². The number of hydrogen-bond donors (Lipinski definition) is 3. The third kappa shape index (κ3) is 3.49. The van der Waals surface area contributed by atoms with E-state index in [1.165, 1.54) is 12.8 Å². The van der Waals surface area contributed by atoms with E-state index in [4.69, 9.17) is 0 Å². The summed E-state index contributed by atoms with van der Waals surface area (Å²) < 4.78 is 0. The highest BCUT2D eigenvalue weighted by Crippen LogP contribution is 2.29. The Kier molecular flexibility index (Phi) is 4.97. The van der Waals surface area contributed by atoms with Crippen LogP contribution >= 0.6 is 0 Å². The van der Waals surface area contributed by atoms with Crippen molar-refractivity contribution in [3.8, 4) is 0 Å². The van der Waals surface area contributed by atoms with Crippen molar-refractivity contribution in [3.05, 3.63) is 34.9 Å². The van der Waals surface area contributed by atoms with Crippen molar-refractivity contribution in [2.24, 2.45) is 0 Å². The zero-order valence-corrected chi connectivity index (χ0v) is 15.6. The van der Waals surface area contributed by atoms with Crippen LogP contribution in [0.2, 0.25) is 0 Å². The second kappa shape index (κ2) is 7.40. The second-order valence-corrected chi connectivity index (χ2v) is 7.72. The van der Waals surface area contributed by atoms with Gasteiger partial charge in [-0.2, -0.15) is 0 Å². The molecule has 3 amide bonds. The normalized spacial score (nSPS) is 26.3. The lowest BCUT2D eigenvalue weighted by atomic mass is 10.0. The van der Waals surface area contributed by atoms with Gasteiger partial charge in [0, 0.05) is 37.2 Å². The van der Waals surface area contributed by atoms with Crippen molar-refractivity contribution in [2.45, 2.75) is 63.8 Å². The average molecular weight is 370 g/mol. The van der Waals surface area contributed by atoms with Crippen LogP contribution in [-0.4, -0.2) is 47.3 Å². The number of piperidine rings is 1. The van der Waals surface area contributed by atoms with Gasteiger partial charge in [-0.1, -0.05) is 12.1 Å². The van der Waals surface area contributed by atoms with Crippen molar-refractivity contribution >= 4 is 17.7 Å². The minimum absolute atomic E-state index is 0.119. The first-order valence-electron chi connectivity index (χ1n) is 9.77. The molecule has 3 N–H and O–H groups in total. The summed E-state index contributed by atoms with van der Waals surface area (Å²) in [5, 5.41) is 9.44. The van der Waals surface area contributed by atoms with Gasteiger partial charge in [-0.25, -0.2) is 0 Å². The van der Waals surface area contributed by atoms with E-state index < -0.39 is 6.04 Å². The highest BCUT2D eigenvalue weighted by molar-refractivity contribution is 6.05. The van der Waals surface area contributed by atoms with Crippen molar-refractivity contribution in [2.75, 3.05) is 6.54 Å². The number of nitrogens with one attached hydrogen (secondary N) is 3. The van der Waals surface area contributed by atoms with Gasteiger partial charge in [-0.05, 0) is 49.9 Å². The number of imide groups is 1. The topological polar surface area (TPSA) is 90.5 Å². The fourth-order valence-corrected chi connectivity index (χ4v) is 4.37. The van der Waals surface area contributed by atoms with Gasteiger partial charge in [0.2, 0.25) is 11.8 Å². The third-order valence-electron chi connectivity index (χ3n) is 6.00. The molecule has 3 unspecified atom stereocenters. The number of benzene rings is 1. The molecule has 0 spiro atoms. The number of rotatable bonds is 5. The predicted octanol–water partition coefficient (Wildman–Crippen LogP) is 0.678. The largest absolute Gasteiger partial charge is 0.322 e. The van der Waals surface area contributed by atoms with Gasteiger partial charge in [0.25, 0.3) is 5.91 Å². The molecule has 3 heterocycles. The average Bonchev–Trinajstić information content (AvgIpc) is 3.29. The van der Waals surface area contributed by atoms with Gasteiger partial charge in [0.15, 0.2) is 0 Å². The van der Waals surface area contributed by atoms with Crippen LogP contribution in [0, 0.1) is 0 Å². The first kappa shape index (κ1) is 18.1. The van der Waals surface area contributed by atoms with Gasteiger partial charge >= 0.3 is 0 Å². The van der Waals surface area contributed by atoms with Crippen molar-refractivity contribution in [1.29, 1.82) is 0 Å². The summed E-state index contributed by atoms with van der Waals surface area (Å²) in [5.74, 6) is -0.750. The van der Waals surface area contributed by atoms with Gasteiger partial charge in [-0.15, -0.1) is 0 Å². The van der Waals surface area contributed by atoms with E-state index >= 15 is 0 Å². The molecule has 0 saturated carbocycles. The second-order valence-electron chi connectivity index (χ2n) is 7.72. The molecular formula is C20H26N4O3. The maximum atomic E-state index is 12.9.